The second-order valence-electron chi connectivity index (χ2n) is 8.62. The largest absolute Gasteiger partial charge is 0.322 e. The zero-order valence-electron chi connectivity index (χ0n) is 20.5. The molecule has 5 rings (SSSR count). The molecular weight excluding hydrogens is 473 g/mol. The molecule has 0 saturated carbocycles. The molecule has 1 amide bonds. The van der Waals surface area contributed by atoms with Crippen LogP contribution >= 0.6 is 0 Å². The fourth-order valence-corrected chi connectivity index (χ4v) is 5.40. The standard InChI is InChI=1S/C26H22FN3O2S.C3H8/c27-24-12-9-20(17-23(24)25-22-6-2-1-5-18(22)13-14-28-25)29-26(31)19-7-10-21(11-8-19)30-15-3-4-16-33(30)32;1-3-2/h1-2,5-14,17H,3-4,15-16H2,(H,29,31);3H2,1-2H3. The van der Waals surface area contributed by atoms with Crippen LogP contribution in [-0.4, -0.2) is 27.4 Å². The Balaban J connectivity index is 0.000000967. The first-order chi connectivity index (χ1) is 17.5. The third kappa shape index (κ3) is 5.79. The van der Waals surface area contributed by atoms with Crippen LogP contribution in [0.15, 0.2) is 79.0 Å². The Labute approximate surface area is 214 Å². The number of aromatic nitrogens is 1. The van der Waals surface area contributed by atoms with Gasteiger partial charge in [0.2, 0.25) is 0 Å². The number of nitrogens with zero attached hydrogens (tertiary/aromatic N) is 2. The number of rotatable bonds is 4. The summed E-state index contributed by atoms with van der Waals surface area (Å²) in [5, 5.41) is 4.65. The molecule has 0 aliphatic carbocycles. The van der Waals surface area contributed by atoms with Crippen LogP contribution in [0.5, 0.6) is 0 Å². The molecule has 1 aliphatic heterocycles. The average Bonchev–Trinajstić information content (AvgIpc) is 2.90. The molecule has 1 fully saturated rings. The highest BCUT2D eigenvalue weighted by Crippen LogP contribution is 2.30. The Hall–Kier alpha value is -3.58. The van der Waals surface area contributed by atoms with E-state index in [1.807, 2.05) is 46.8 Å². The number of nitrogens with one attached hydrogen (secondary N) is 1. The number of hydrogen-bond acceptors (Lipinski definition) is 3. The number of anilines is 2. The summed E-state index contributed by atoms with van der Waals surface area (Å²) >= 11 is 0. The lowest BCUT2D eigenvalue weighted by atomic mass is 10.0. The second kappa shape index (κ2) is 11.9. The average molecular weight is 504 g/mol. The van der Waals surface area contributed by atoms with Gasteiger partial charge in [0.25, 0.3) is 5.91 Å². The maximum atomic E-state index is 14.7. The van der Waals surface area contributed by atoms with Crippen LogP contribution in [-0.2, 0) is 11.0 Å². The van der Waals surface area contributed by atoms with Crippen molar-refractivity contribution >= 4 is 39.0 Å². The normalized spacial score (nSPS) is 15.2. The molecule has 1 atom stereocenters. The number of fused-ring (bicyclic) bond motifs is 1. The SMILES string of the molecule is CCC.O=C(Nc1ccc(F)c(-c2nccc3ccccc23)c1)c1ccc(N2CCCCS2=O)cc1. The van der Waals surface area contributed by atoms with Gasteiger partial charge >= 0.3 is 0 Å². The molecule has 1 unspecified atom stereocenters. The van der Waals surface area contributed by atoms with E-state index < -0.39 is 16.8 Å². The molecule has 7 heteroatoms. The first kappa shape index (κ1) is 25.5. The predicted molar refractivity (Wildman–Crippen MR) is 147 cm³/mol. The first-order valence-corrected chi connectivity index (χ1v) is 13.5. The summed E-state index contributed by atoms with van der Waals surface area (Å²) in [7, 11) is -1.02. The van der Waals surface area contributed by atoms with Crippen LogP contribution in [0.3, 0.4) is 0 Å². The molecular formula is C29H30FN3O2S. The fourth-order valence-electron chi connectivity index (χ4n) is 4.04. The molecule has 4 aromatic rings. The Bertz CT molecular complexity index is 1370. The lowest BCUT2D eigenvalue weighted by molar-refractivity contribution is 0.102. The predicted octanol–water partition coefficient (Wildman–Crippen LogP) is 6.97. The van der Waals surface area contributed by atoms with Gasteiger partial charge in [-0.1, -0.05) is 44.5 Å². The monoisotopic (exact) mass is 503 g/mol. The van der Waals surface area contributed by atoms with E-state index in [9.17, 15) is 13.4 Å². The highest BCUT2D eigenvalue weighted by molar-refractivity contribution is 7.86. The molecule has 1 aliphatic rings. The molecule has 5 nitrogen and oxygen atoms in total. The van der Waals surface area contributed by atoms with Crippen molar-refractivity contribution < 1.29 is 13.4 Å². The van der Waals surface area contributed by atoms with Gasteiger partial charge in [0, 0.05) is 46.4 Å². The number of hydrogen-bond donors (Lipinski definition) is 1. The van der Waals surface area contributed by atoms with E-state index in [0.29, 0.717) is 28.3 Å². The summed E-state index contributed by atoms with van der Waals surface area (Å²) in [6, 6.07) is 21.1. The molecule has 2 heterocycles. The highest BCUT2D eigenvalue weighted by Gasteiger charge is 2.19. The minimum absolute atomic E-state index is 0.301. The summed E-state index contributed by atoms with van der Waals surface area (Å²) in [4.78, 5) is 17.2. The van der Waals surface area contributed by atoms with Gasteiger partial charge in [-0.25, -0.2) is 8.60 Å². The molecule has 0 radical (unpaired) electrons. The van der Waals surface area contributed by atoms with E-state index in [-0.39, 0.29) is 5.91 Å². The first-order valence-electron chi connectivity index (χ1n) is 12.2. The van der Waals surface area contributed by atoms with Crippen LogP contribution in [0.1, 0.15) is 43.5 Å². The Morgan fingerprint density at radius 2 is 1.78 bits per heavy atom. The topological polar surface area (TPSA) is 62.3 Å². The van der Waals surface area contributed by atoms with Crippen LogP contribution in [0, 0.1) is 5.82 Å². The molecule has 0 spiro atoms. The number of benzene rings is 3. The molecule has 1 saturated heterocycles. The summed E-state index contributed by atoms with van der Waals surface area (Å²) in [6.07, 6.45) is 4.88. The zero-order valence-corrected chi connectivity index (χ0v) is 21.4. The molecule has 1 aromatic heterocycles. The molecule has 3 aromatic carbocycles. The highest BCUT2D eigenvalue weighted by atomic mass is 32.2. The van der Waals surface area contributed by atoms with Gasteiger partial charge in [0.05, 0.1) is 5.69 Å². The molecule has 36 heavy (non-hydrogen) atoms. The van der Waals surface area contributed by atoms with Gasteiger partial charge in [0.1, 0.15) is 16.8 Å². The van der Waals surface area contributed by atoms with Crippen molar-refractivity contribution in [2.45, 2.75) is 33.1 Å². The van der Waals surface area contributed by atoms with Gasteiger partial charge in [-0.2, -0.15) is 0 Å². The zero-order chi connectivity index (χ0) is 25.5. The van der Waals surface area contributed by atoms with Crippen molar-refractivity contribution in [3.05, 3.63) is 90.4 Å². The second-order valence-corrected chi connectivity index (χ2v) is 10.1. The summed E-state index contributed by atoms with van der Waals surface area (Å²) < 4.78 is 28.8. The van der Waals surface area contributed by atoms with Gasteiger partial charge in [0.15, 0.2) is 0 Å². The van der Waals surface area contributed by atoms with Crippen molar-refractivity contribution in [2.24, 2.45) is 0 Å². The van der Waals surface area contributed by atoms with Gasteiger partial charge < -0.3 is 5.32 Å². The van der Waals surface area contributed by atoms with Crippen molar-refractivity contribution in [1.82, 2.24) is 4.98 Å². The van der Waals surface area contributed by atoms with Crippen LogP contribution in [0.2, 0.25) is 0 Å². The number of carbonyl (C=O) groups excluding carboxylic acids is 1. The minimum Gasteiger partial charge on any atom is -0.322 e. The maximum absolute atomic E-state index is 14.7. The minimum atomic E-state index is -1.02. The third-order valence-electron chi connectivity index (χ3n) is 5.75. The van der Waals surface area contributed by atoms with E-state index in [1.54, 1.807) is 24.4 Å². The fraction of sp³-hybridized carbons (Fsp3) is 0.241. The summed E-state index contributed by atoms with van der Waals surface area (Å²) in [5.41, 5.74) is 2.65. The van der Waals surface area contributed by atoms with Crippen molar-refractivity contribution in [3.8, 4) is 11.3 Å². The summed E-state index contributed by atoms with van der Waals surface area (Å²) in [5.74, 6) is -0.0405. The van der Waals surface area contributed by atoms with E-state index in [4.69, 9.17) is 0 Å². The van der Waals surface area contributed by atoms with Gasteiger partial charge in [-0.15, -0.1) is 0 Å². The quantitative estimate of drug-likeness (QED) is 0.327. The van der Waals surface area contributed by atoms with Gasteiger partial charge in [-0.3, -0.25) is 14.1 Å². The third-order valence-corrected chi connectivity index (χ3v) is 7.27. The molecule has 0 bridgehead atoms. The summed E-state index contributed by atoms with van der Waals surface area (Å²) in [6.45, 7) is 5.00. The molecule has 186 valence electrons. The maximum Gasteiger partial charge on any atom is 0.255 e. The number of halogens is 1. The Morgan fingerprint density at radius 3 is 2.53 bits per heavy atom. The van der Waals surface area contributed by atoms with Crippen molar-refractivity contribution in [3.63, 3.8) is 0 Å². The van der Waals surface area contributed by atoms with E-state index in [2.05, 4.69) is 24.1 Å². The van der Waals surface area contributed by atoms with E-state index in [1.165, 1.54) is 18.6 Å². The Kier molecular flexibility index (Phi) is 8.44. The van der Waals surface area contributed by atoms with E-state index >= 15 is 0 Å². The van der Waals surface area contributed by atoms with Crippen LogP contribution in [0.25, 0.3) is 22.0 Å². The number of amides is 1. The van der Waals surface area contributed by atoms with Crippen molar-refractivity contribution in [2.75, 3.05) is 21.9 Å². The number of pyridine rings is 1. The molecule has 1 N–H and O–H groups in total. The van der Waals surface area contributed by atoms with Crippen LogP contribution in [0.4, 0.5) is 15.8 Å². The van der Waals surface area contributed by atoms with Crippen LogP contribution < -0.4 is 9.62 Å². The smallest absolute Gasteiger partial charge is 0.255 e. The van der Waals surface area contributed by atoms with E-state index in [0.717, 1.165) is 35.8 Å². The Morgan fingerprint density at radius 1 is 1.03 bits per heavy atom. The lowest BCUT2D eigenvalue weighted by Gasteiger charge is -2.27. The number of carbonyl (C=O) groups is 1. The lowest BCUT2D eigenvalue weighted by Crippen LogP contribution is -2.32. The van der Waals surface area contributed by atoms with Crippen molar-refractivity contribution in [1.29, 1.82) is 0 Å². The van der Waals surface area contributed by atoms with Gasteiger partial charge in [-0.05, 0) is 66.8 Å².